The predicted molar refractivity (Wildman–Crippen MR) is 62.4 cm³/mol. The van der Waals surface area contributed by atoms with Gasteiger partial charge in [-0.3, -0.25) is 4.79 Å². The SMILES string of the molecule is CCOC(=O)C(CCOC)c1csc(N)n1. The molecule has 90 valence electrons. The summed E-state index contributed by atoms with van der Waals surface area (Å²) in [6.07, 6.45) is 0.554. The number of esters is 1. The number of hydrogen-bond donors (Lipinski definition) is 1. The Kier molecular flexibility index (Phi) is 5.21. The van der Waals surface area contributed by atoms with E-state index in [0.717, 1.165) is 0 Å². The molecule has 2 N–H and O–H groups in total. The van der Waals surface area contributed by atoms with E-state index in [9.17, 15) is 4.79 Å². The molecule has 1 aromatic rings. The number of nitrogens with zero attached hydrogens (tertiary/aromatic N) is 1. The Hall–Kier alpha value is -1.14. The summed E-state index contributed by atoms with van der Waals surface area (Å²) in [4.78, 5) is 15.8. The highest BCUT2D eigenvalue weighted by atomic mass is 32.1. The van der Waals surface area contributed by atoms with Crippen molar-refractivity contribution in [3.8, 4) is 0 Å². The van der Waals surface area contributed by atoms with Gasteiger partial charge in [0.25, 0.3) is 0 Å². The quantitative estimate of drug-likeness (QED) is 0.766. The molecule has 0 radical (unpaired) electrons. The molecule has 1 aromatic heterocycles. The summed E-state index contributed by atoms with van der Waals surface area (Å²) in [5.74, 6) is -0.654. The normalized spacial score (nSPS) is 12.4. The molecular formula is C10H16N2O3S. The molecule has 6 heteroatoms. The summed E-state index contributed by atoms with van der Waals surface area (Å²) < 4.78 is 9.96. The van der Waals surface area contributed by atoms with E-state index in [-0.39, 0.29) is 11.9 Å². The lowest BCUT2D eigenvalue weighted by atomic mass is 10.0. The number of thiazole rings is 1. The summed E-state index contributed by atoms with van der Waals surface area (Å²) >= 11 is 1.32. The number of aromatic nitrogens is 1. The summed E-state index contributed by atoms with van der Waals surface area (Å²) in [7, 11) is 1.59. The first-order chi connectivity index (χ1) is 7.69. The topological polar surface area (TPSA) is 74.4 Å². The van der Waals surface area contributed by atoms with Crippen molar-refractivity contribution in [2.24, 2.45) is 0 Å². The maximum atomic E-state index is 11.7. The molecule has 1 atom stereocenters. The fraction of sp³-hybridized carbons (Fsp3) is 0.600. The third-order valence-electron chi connectivity index (χ3n) is 2.08. The zero-order chi connectivity index (χ0) is 12.0. The van der Waals surface area contributed by atoms with Crippen molar-refractivity contribution in [3.63, 3.8) is 0 Å². The highest BCUT2D eigenvalue weighted by Crippen LogP contribution is 2.24. The fourth-order valence-corrected chi connectivity index (χ4v) is 1.94. The summed E-state index contributed by atoms with van der Waals surface area (Å²) in [6.45, 7) is 2.63. The van der Waals surface area contributed by atoms with E-state index in [1.165, 1.54) is 11.3 Å². The van der Waals surface area contributed by atoms with Crippen LogP contribution in [0.25, 0.3) is 0 Å². The molecule has 0 saturated heterocycles. The summed E-state index contributed by atoms with van der Waals surface area (Å²) in [5.41, 5.74) is 6.21. The van der Waals surface area contributed by atoms with E-state index in [2.05, 4.69) is 4.98 Å². The Morgan fingerprint density at radius 1 is 1.69 bits per heavy atom. The van der Waals surface area contributed by atoms with Crippen LogP contribution in [0.4, 0.5) is 5.13 Å². The van der Waals surface area contributed by atoms with Gasteiger partial charge in [0.05, 0.1) is 12.3 Å². The van der Waals surface area contributed by atoms with Crippen LogP contribution in [0.15, 0.2) is 5.38 Å². The minimum atomic E-state index is -0.381. The van der Waals surface area contributed by atoms with E-state index >= 15 is 0 Å². The Morgan fingerprint density at radius 2 is 2.44 bits per heavy atom. The minimum absolute atomic E-state index is 0.273. The van der Waals surface area contributed by atoms with Gasteiger partial charge in [0.2, 0.25) is 0 Å². The van der Waals surface area contributed by atoms with Crippen LogP contribution < -0.4 is 5.73 Å². The van der Waals surface area contributed by atoms with Gasteiger partial charge in [-0.05, 0) is 13.3 Å². The molecule has 0 aromatic carbocycles. The average Bonchev–Trinajstić information content (AvgIpc) is 2.66. The van der Waals surface area contributed by atoms with Gasteiger partial charge < -0.3 is 15.2 Å². The molecule has 1 unspecified atom stereocenters. The zero-order valence-corrected chi connectivity index (χ0v) is 10.3. The number of anilines is 1. The molecule has 5 nitrogen and oxygen atoms in total. The van der Waals surface area contributed by atoms with Crippen molar-refractivity contribution in [1.29, 1.82) is 0 Å². The second-order valence-corrected chi connectivity index (χ2v) is 4.09. The first-order valence-electron chi connectivity index (χ1n) is 5.05. The van der Waals surface area contributed by atoms with Gasteiger partial charge in [-0.1, -0.05) is 0 Å². The first kappa shape index (κ1) is 12.9. The summed E-state index contributed by atoms with van der Waals surface area (Å²) in [6, 6.07) is 0. The van der Waals surface area contributed by atoms with E-state index in [0.29, 0.717) is 30.5 Å². The molecule has 16 heavy (non-hydrogen) atoms. The Labute approximate surface area is 98.6 Å². The average molecular weight is 244 g/mol. The maximum Gasteiger partial charge on any atom is 0.315 e. The van der Waals surface area contributed by atoms with Gasteiger partial charge in [0, 0.05) is 19.1 Å². The van der Waals surface area contributed by atoms with Crippen LogP contribution in [0.2, 0.25) is 0 Å². The molecule has 1 rings (SSSR count). The number of nitrogens with two attached hydrogens (primary N) is 1. The lowest BCUT2D eigenvalue weighted by molar-refractivity contribution is -0.145. The van der Waals surface area contributed by atoms with Gasteiger partial charge in [-0.2, -0.15) is 0 Å². The van der Waals surface area contributed by atoms with Gasteiger partial charge >= 0.3 is 5.97 Å². The lowest BCUT2D eigenvalue weighted by Crippen LogP contribution is -2.18. The van der Waals surface area contributed by atoms with E-state index < -0.39 is 0 Å². The molecular weight excluding hydrogens is 228 g/mol. The molecule has 0 bridgehead atoms. The highest BCUT2D eigenvalue weighted by molar-refractivity contribution is 7.13. The Balaban J connectivity index is 2.74. The van der Waals surface area contributed by atoms with Crippen LogP contribution in [-0.2, 0) is 14.3 Å². The molecule has 0 fully saturated rings. The smallest absolute Gasteiger partial charge is 0.315 e. The van der Waals surface area contributed by atoms with E-state index in [1.54, 1.807) is 19.4 Å². The standard InChI is InChI=1S/C10H16N2O3S/c1-3-15-9(13)7(4-5-14-2)8-6-16-10(11)12-8/h6-7H,3-5H2,1-2H3,(H2,11,12). The van der Waals surface area contributed by atoms with Crippen LogP contribution in [0.5, 0.6) is 0 Å². The Morgan fingerprint density at radius 3 is 2.94 bits per heavy atom. The molecule has 0 aliphatic heterocycles. The second kappa shape index (κ2) is 6.44. The molecule has 0 aliphatic rings. The van der Waals surface area contributed by atoms with Crippen LogP contribution in [0.1, 0.15) is 25.0 Å². The number of carbonyl (C=O) groups is 1. The number of ether oxygens (including phenoxy) is 2. The largest absolute Gasteiger partial charge is 0.465 e. The third-order valence-corrected chi connectivity index (χ3v) is 2.77. The minimum Gasteiger partial charge on any atom is -0.465 e. The highest BCUT2D eigenvalue weighted by Gasteiger charge is 2.24. The number of hydrogen-bond acceptors (Lipinski definition) is 6. The van der Waals surface area contributed by atoms with Crippen molar-refractivity contribution in [1.82, 2.24) is 4.98 Å². The fourth-order valence-electron chi connectivity index (χ4n) is 1.33. The number of methoxy groups -OCH3 is 1. The monoisotopic (exact) mass is 244 g/mol. The van der Waals surface area contributed by atoms with Crippen LogP contribution in [0, 0.1) is 0 Å². The first-order valence-corrected chi connectivity index (χ1v) is 5.93. The van der Waals surface area contributed by atoms with E-state index in [4.69, 9.17) is 15.2 Å². The molecule has 0 spiro atoms. The van der Waals surface area contributed by atoms with Crippen LogP contribution in [0.3, 0.4) is 0 Å². The number of carbonyl (C=O) groups excluding carboxylic acids is 1. The van der Waals surface area contributed by atoms with Crippen molar-refractivity contribution in [2.75, 3.05) is 26.1 Å². The molecule has 0 saturated carbocycles. The van der Waals surface area contributed by atoms with Crippen LogP contribution >= 0.6 is 11.3 Å². The molecule has 0 aliphatic carbocycles. The van der Waals surface area contributed by atoms with Gasteiger partial charge in [0.15, 0.2) is 5.13 Å². The van der Waals surface area contributed by atoms with Gasteiger partial charge in [-0.15, -0.1) is 11.3 Å². The number of nitrogen functional groups attached to an aromatic ring is 1. The van der Waals surface area contributed by atoms with Gasteiger partial charge in [-0.25, -0.2) is 4.98 Å². The molecule has 0 amide bonds. The zero-order valence-electron chi connectivity index (χ0n) is 9.43. The molecule has 1 heterocycles. The number of rotatable bonds is 6. The predicted octanol–water partition coefficient (Wildman–Crippen LogP) is 1.41. The Bertz CT molecular complexity index is 341. The lowest BCUT2D eigenvalue weighted by Gasteiger charge is -2.12. The third kappa shape index (κ3) is 3.46. The van der Waals surface area contributed by atoms with Gasteiger partial charge in [0.1, 0.15) is 5.92 Å². The van der Waals surface area contributed by atoms with E-state index in [1.807, 2.05) is 0 Å². The van der Waals surface area contributed by atoms with Crippen molar-refractivity contribution in [2.45, 2.75) is 19.3 Å². The van der Waals surface area contributed by atoms with Crippen molar-refractivity contribution >= 4 is 22.4 Å². The van der Waals surface area contributed by atoms with Crippen molar-refractivity contribution < 1.29 is 14.3 Å². The second-order valence-electron chi connectivity index (χ2n) is 3.20. The summed E-state index contributed by atoms with van der Waals surface area (Å²) in [5, 5.41) is 2.24. The van der Waals surface area contributed by atoms with Crippen LogP contribution in [-0.4, -0.2) is 31.3 Å². The maximum absolute atomic E-state index is 11.7. The van der Waals surface area contributed by atoms with Crippen molar-refractivity contribution in [3.05, 3.63) is 11.1 Å².